The van der Waals surface area contributed by atoms with Crippen molar-refractivity contribution in [2.45, 2.75) is 127 Å². The third-order valence-electron chi connectivity index (χ3n) is 17.3. The van der Waals surface area contributed by atoms with Gasteiger partial charge in [0.15, 0.2) is 0 Å². The molecule has 0 saturated heterocycles. The molecule has 6 atom stereocenters. The predicted octanol–water partition coefficient (Wildman–Crippen LogP) is 27.8. The van der Waals surface area contributed by atoms with Gasteiger partial charge in [0.05, 0.1) is 0 Å². The van der Waals surface area contributed by atoms with E-state index in [1.165, 1.54) is 54.1 Å². The van der Waals surface area contributed by atoms with Gasteiger partial charge < -0.3 is 30.6 Å². The van der Waals surface area contributed by atoms with Crippen molar-refractivity contribution in [1.29, 1.82) is 0 Å². The van der Waals surface area contributed by atoms with E-state index < -0.39 is 149 Å². The van der Waals surface area contributed by atoms with Crippen LogP contribution in [0.4, 0.5) is 43.9 Å². The molecule has 6 unspecified atom stereocenters. The fraction of sp³-hybridized carbons (Fsp3) is 0.209. The maximum absolute atomic E-state index is 14.3. The van der Waals surface area contributed by atoms with Crippen LogP contribution in [0.15, 0.2) is 206 Å². The van der Waals surface area contributed by atoms with Crippen molar-refractivity contribution in [1.82, 2.24) is 0 Å². The van der Waals surface area contributed by atoms with Gasteiger partial charge in [0.2, 0.25) is 0 Å². The Balaban J connectivity index is 0.000000759. The first-order valence-electron chi connectivity index (χ1n) is 38.0. The molecular formula is C91H94Cl12F10O6P6Ti6. The summed E-state index contributed by atoms with van der Waals surface area (Å²) in [5.74, 6) is -3.89. The maximum atomic E-state index is 14.3. The first kappa shape index (κ1) is 128. The summed E-state index contributed by atoms with van der Waals surface area (Å²) in [5.41, 5.74) is 9.23. The normalized spacial score (nSPS) is 10.8. The molecule has 12 aromatic carbocycles. The standard InChI is InChI=1S/C21H28FOP.C18H22FOP.C14H13F2OP.2C13H11F2OP.C12H9F2OP.12ClH.6Ti/c1-13-8-9-17(16(22)10-13)24-18-12-14(20(2,3)4)11-15(19(18)23)21(5,6)7;1-11-6-7-15(14(19)8-11)21-16-10-13(18(3,4)5)9-12(2)17(16)20;1-8-5-9(2)14(17)13(6-8)18-12-4-3-10(15)7-11(12)16;1-8-2-4-11(16)13(6-8)17-12-5-3-9(14)7-10(12)15;1-8-3-2-4-12(13(8)16)17-11-6-5-9(14)7-10(11)15;13-8-5-6-11(9(14)7-8)16-12-4-2-1-3-10(12)15;;;;;;;;;;;;;;;;;;/h8-12,23-24H,1-7H3;6-10,20-21H,1-5H3;3-7,17-18H,1-2H3;2*2-7,16-17H,1H3;1-7,15-16H;12*1H;;;;;;/q;;;;;;;;;;;;;;;;;;6*+2/p-12. The molecule has 0 spiro atoms. The number of para-hydroxylation sites is 2. The van der Waals surface area contributed by atoms with Crippen molar-refractivity contribution in [3.8, 4) is 34.5 Å². The summed E-state index contributed by atoms with van der Waals surface area (Å²) in [6.07, 6.45) is 0. The second-order valence-corrected chi connectivity index (χ2v) is 53.9. The Labute approximate surface area is 873 Å². The molecule has 12 aromatic rings. The summed E-state index contributed by atoms with van der Waals surface area (Å²) in [6, 6.07) is 53.5. The Morgan fingerprint density at radius 1 is 0.221 bits per heavy atom. The summed E-state index contributed by atoms with van der Waals surface area (Å²) in [4.78, 5) is 0. The Morgan fingerprint density at radius 3 is 0.840 bits per heavy atom. The van der Waals surface area contributed by atoms with E-state index in [-0.39, 0.29) is 108 Å². The van der Waals surface area contributed by atoms with Gasteiger partial charge in [0.1, 0.15) is 92.7 Å². The van der Waals surface area contributed by atoms with Crippen LogP contribution in [0.25, 0.3) is 0 Å². The van der Waals surface area contributed by atoms with Crippen molar-refractivity contribution < 1.29 is 177 Å². The molecule has 0 radical (unpaired) electrons. The second kappa shape index (κ2) is 67.5. The van der Waals surface area contributed by atoms with Crippen molar-refractivity contribution in [2.24, 2.45) is 0 Å². The molecule has 131 heavy (non-hydrogen) atoms. The average molecular weight is 2370 g/mol. The predicted molar refractivity (Wildman–Crippen MR) is 532 cm³/mol. The van der Waals surface area contributed by atoms with Crippen LogP contribution in [0.5, 0.6) is 34.5 Å². The zero-order valence-electron chi connectivity index (χ0n) is 73.1. The van der Waals surface area contributed by atoms with Crippen molar-refractivity contribution >= 4 is 227 Å². The van der Waals surface area contributed by atoms with Crippen LogP contribution >= 0.6 is 163 Å². The summed E-state index contributed by atoms with van der Waals surface area (Å²) in [5, 5.41) is 67.2. The summed E-state index contributed by atoms with van der Waals surface area (Å²) in [7, 11) is 58.8. The van der Waals surface area contributed by atoms with E-state index in [9.17, 15) is 74.5 Å². The van der Waals surface area contributed by atoms with Crippen LogP contribution < -0.4 is 63.7 Å². The van der Waals surface area contributed by atoms with E-state index in [1.807, 2.05) is 89.2 Å². The van der Waals surface area contributed by atoms with Gasteiger partial charge in [-0.05, 0) is 206 Å². The summed E-state index contributed by atoms with van der Waals surface area (Å²) >= 11 is -3.33. The molecule has 0 bridgehead atoms. The van der Waals surface area contributed by atoms with E-state index in [4.69, 9.17) is 112 Å². The quantitative estimate of drug-likeness (QED) is 0.0412. The number of benzene rings is 12. The first-order valence-corrected chi connectivity index (χ1v) is 69.7. The Hall–Kier alpha value is -0.914. The second-order valence-electron chi connectivity index (χ2n) is 30.5. The minimum atomic E-state index is -0.594. The van der Waals surface area contributed by atoms with Gasteiger partial charge in [-0.2, -0.15) is 0 Å². The zero-order valence-corrected chi connectivity index (χ0v) is 97.6. The monoisotopic (exact) mass is 2370 g/mol. The number of hydrogen-bond donors (Lipinski definition) is 6. The average Bonchev–Trinajstić information content (AvgIpc) is 0.781. The van der Waals surface area contributed by atoms with E-state index >= 15 is 0 Å². The molecule has 0 saturated carbocycles. The molecule has 0 amide bonds. The summed E-state index contributed by atoms with van der Waals surface area (Å²) < 4.78 is 133. The van der Waals surface area contributed by atoms with E-state index in [0.29, 0.717) is 58.8 Å². The third kappa shape index (κ3) is 49.6. The van der Waals surface area contributed by atoms with Crippen LogP contribution in [0.1, 0.15) is 118 Å². The Morgan fingerprint density at radius 2 is 0.489 bits per heavy atom. The van der Waals surface area contributed by atoms with Crippen LogP contribution in [0.2, 0.25) is 0 Å². The molecule has 12 rings (SSSR count). The molecule has 0 heterocycles. The molecule has 702 valence electrons. The van der Waals surface area contributed by atoms with Gasteiger partial charge >= 0.3 is 214 Å². The summed E-state index contributed by atoms with van der Waals surface area (Å²) in [6.45, 7) is 32.2. The SMILES string of the molecule is Cc1cc(C)c(O)c(Pc2ccc(F)cc2F)c1.Cc1ccc(O)c(Pc2ccc(F)cc2F)c1.Cc1ccc(Pc2cc(C(C)(C)C)cc(C(C)(C)C)c2O)c(F)c1.Cc1ccc(Pc2cc(C(C)(C)C)cc(C)c2O)c(F)c1.Cc1cccc(Pc2ccc(F)cc2F)c1O.Oc1ccccc1Pc1ccc(F)cc1F.[Cl][Ti][Cl].[Cl][Ti][Cl].[Cl][Ti][Cl].[Cl][Ti][Cl].[Cl][Ti][Cl].[Cl][Ti][Cl]. The Bertz CT molecular complexity index is 5470. The number of aromatic hydroxyl groups is 6. The van der Waals surface area contributed by atoms with Gasteiger partial charge in [0.25, 0.3) is 0 Å². The van der Waals surface area contributed by atoms with Crippen molar-refractivity contribution in [3.05, 3.63) is 320 Å². The number of phenolic OH excluding ortho intramolecular Hbond substituents is 6. The number of halogens is 22. The van der Waals surface area contributed by atoms with Crippen LogP contribution in [0, 0.1) is 107 Å². The first-order chi connectivity index (χ1) is 61.3. The number of rotatable bonds is 12. The van der Waals surface area contributed by atoms with Crippen molar-refractivity contribution in [3.63, 3.8) is 0 Å². The number of hydrogen-bond acceptors (Lipinski definition) is 6. The van der Waals surface area contributed by atoms with Crippen molar-refractivity contribution in [2.75, 3.05) is 0 Å². The third-order valence-corrected chi connectivity index (χ3v) is 25.3. The van der Waals surface area contributed by atoms with E-state index in [2.05, 4.69) is 68.4 Å². The molecule has 6 N–H and O–H groups in total. The van der Waals surface area contributed by atoms with Gasteiger partial charge in [-0.15, -0.1) is 0 Å². The number of phenols is 6. The zero-order chi connectivity index (χ0) is 100.0. The molecule has 40 heteroatoms. The molecule has 6 nitrogen and oxygen atoms in total. The molecule has 0 aliphatic carbocycles. The van der Waals surface area contributed by atoms with E-state index in [1.54, 1.807) is 86.6 Å². The van der Waals surface area contributed by atoms with Gasteiger partial charge in [-0.1, -0.05) is 204 Å². The van der Waals surface area contributed by atoms with Gasteiger partial charge in [-0.3, -0.25) is 0 Å². The van der Waals surface area contributed by atoms with Crippen LogP contribution in [0.3, 0.4) is 0 Å². The fourth-order valence-corrected chi connectivity index (χ4v) is 17.8. The molecular weight excluding hydrogens is 2280 g/mol. The molecule has 0 aromatic heterocycles. The van der Waals surface area contributed by atoms with Gasteiger partial charge in [0, 0.05) is 93.5 Å². The molecule has 0 aliphatic rings. The van der Waals surface area contributed by atoms with Crippen LogP contribution in [-0.2, 0) is 118 Å². The topological polar surface area (TPSA) is 121 Å². The molecule has 0 fully saturated rings. The number of aryl methyl sites for hydroxylation is 7. The van der Waals surface area contributed by atoms with Gasteiger partial charge in [-0.25, -0.2) is 43.9 Å². The minimum absolute atomic E-state index is 0.00348. The Kier molecular flexibility index (Phi) is 66.0. The molecule has 0 aliphatic heterocycles. The van der Waals surface area contributed by atoms with Crippen LogP contribution in [-0.4, -0.2) is 30.6 Å². The van der Waals surface area contributed by atoms with E-state index in [0.717, 1.165) is 84.9 Å². The fourth-order valence-electron chi connectivity index (χ4n) is 10.9.